The van der Waals surface area contributed by atoms with Gasteiger partial charge in [0.2, 0.25) is 0 Å². The van der Waals surface area contributed by atoms with Gasteiger partial charge in [-0.25, -0.2) is 0 Å². The van der Waals surface area contributed by atoms with Crippen LogP contribution in [0.3, 0.4) is 0 Å². The normalized spacial score (nSPS) is 10.1. The molecule has 2 aromatic carbocycles. The highest BCUT2D eigenvalue weighted by molar-refractivity contribution is 6.32. The van der Waals surface area contributed by atoms with Crippen molar-refractivity contribution in [1.82, 2.24) is 0 Å². The number of carbonyl (C=O) groups excluding carboxylic acids is 1. The Balaban J connectivity index is 2.46. The molecule has 3 nitrogen and oxygen atoms in total. The first-order valence-electron chi connectivity index (χ1n) is 5.29. The fourth-order valence-corrected chi connectivity index (χ4v) is 1.87. The number of hydrogen-bond acceptors (Lipinski definition) is 3. The molecule has 18 heavy (non-hydrogen) atoms. The van der Waals surface area contributed by atoms with Crippen molar-refractivity contribution in [3.63, 3.8) is 0 Å². The molecule has 0 radical (unpaired) electrons. The summed E-state index contributed by atoms with van der Waals surface area (Å²) in [6.07, 6.45) is 0. The highest BCUT2D eigenvalue weighted by Crippen LogP contribution is 2.32. The largest absolute Gasteiger partial charge is 0.507 e. The zero-order chi connectivity index (χ0) is 13.1. The summed E-state index contributed by atoms with van der Waals surface area (Å²) in [4.78, 5) is 12.2. The quantitative estimate of drug-likeness (QED) is 0.864. The molecule has 0 aromatic heterocycles. The highest BCUT2D eigenvalue weighted by Gasteiger charge is 2.16. The van der Waals surface area contributed by atoms with Crippen LogP contribution >= 0.6 is 11.6 Å². The zero-order valence-corrected chi connectivity index (χ0v) is 10.4. The van der Waals surface area contributed by atoms with E-state index in [0.717, 1.165) is 0 Å². The molecular formula is C14H11ClO3. The van der Waals surface area contributed by atoms with Crippen LogP contribution in [0.25, 0.3) is 0 Å². The van der Waals surface area contributed by atoms with Crippen LogP contribution in [0.1, 0.15) is 15.9 Å². The molecule has 0 aliphatic rings. The first kappa shape index (κ1) is 12.5. The van der Waals surface area contributed by atoms with Gasteiger partial charge in [-0.2, -0.15) is 0 Å². The van der Waals surface area contributed by atoms with Gasteiger partial charge in [0.1, 0.15) is 11.5 Å². The lowest BCUT2D eigenvalue weighted by molar-refractivity contribution is 0.103. The fourth-order valence-electron chi connectivity index (χ4n) is 1.63. The van der Waals surface area contributed by atoms with E-state index in [0.29, 0.717) is 11.3 Å². The molecule has 0 atom stereocenters. The Morgan fingerprint density at radius 2 is 1.89 bits per heavy atom. The second-order valence-corrected chi connectivity index (χ2v) is 4.11. The molecule has 0 unspecified atom stereocenters. The van der Waals surface area contributed by atoms with E-state index in [4.69, 9.17) is 16.3 Å². The minimum Gasteiger partial charge on any atom is -0.507 e. The van der Waals surface area contributed by atoms with Crippen LogP contribution < -0.4 is 4.74 Å². The Morgan fingerprint density at radius 3 is 2.50 bits per heavy atom. The van der Waals surface area contributed by atoms with Crippen molar-refractivity contribution < 1.29 is 14.6 Å². The van der Waals surface area contributed by atoms with Crippen LogP contribution in [-0.4, -0.2) is 18.0 Å². The summed E-state index contributed by atoms with van der Waals surface area (Å²) >= 11 is 5.94. The number of methoxy groups -OCH3 is 1. The van der Waals surface area contributed by atoms with Gasteiger partial charge in [0.25, 0.3) is 0 Å². The Morgan fingerprint density at radius 1 is 1.22 bits per heavy atom. The van der Waals surface area contributed by atoms with Gasteiger partial charge in [-0.1, -0.05) is 41.9 Å². The molecule has 0 amide bonds. The van der Waals surface area contributed by atoms with Crippen LogP contribution in [-0.2, 0) is 0 Å². The Hall–Kier alpha value is -2.00. The lowest BCUT2D eigenvalue weighted by Gasteiger charge is -2.08. The summed E-state index contributed by atoms with van der Waals surface area (Å²) < 4.78 is 4.96. The molecule has 0 aliphatic carbocycles. The SMILES string of the molecule is COc1cc(O)c(C(=O)c2ccccc2)cc1Cl. The summed E-state index contributed by atoms with van der Waals surface area (Å²) in [6, 6.07) is 11.4. The number of hydrogen-bond donors (Lipinski definition) is 1. The summed E-state index contributed by atoms with van der Waals surface area (Å²) in [7, 11) is 1.44. The number of phenolic OH excluding ortho intramolecular Hbond substituents is 1. The number of benzene rings is 2. The van der Waals surface area contributed by atoms with Gasteiger partial charge < -0.3 is 9.84 Å². The number of rotatable bonds is 3. The number of aromatic hydroxyl groups is 1. The molecule has 1 N–H and O–H groups in total. The average molecular weight is 263 g/mol. The Labute approximate surface area is 110 Å². The Bertz CT molecular complexity index is 579. The molecule has 2 rings (SSSR count). The predicted molar refractivity (Wildman–Crippen MR) is 69.5 cm³/mol. The first-order chi connectivity index (χ1) is 8.63. The van der Waals surface area contributed by atoms with Gasteiger partial charge in [0.15, 0.2) is 5.78 Å². The van der Waals surface area contributed by atoms with Crippen LogP contribution in [0.5, 0.6) is 11.5 Å². The lowest BCUT2D eigenvalue weighted by atomic mass is 10.0. The van der Waals surface area contributed by atoms with Gasteiger partial charge >= 0.3 is 0 Å². The van der Waals surface area contributed by atoms with Crippen LogP contribution in [0.4, 0.5) is 0 Å². The van der Waals surface area contributed by atoms with Gasteiger partial charge in [0, 0.05) is 11.6 Å². The van der Waals surface area contributed by atoms with Crippen molar-refractivity contribution in [2.45, 2.75) is 0 Å². The highest BCUT2D eigenvalue weighted by atomic mass is 35.5. The third-order valence-electron chi connectivity index (χ3n) is 2.55. The van der Waals surface area contributed by atoms with Gasteiger partial charge in [0.05, 0.1) is 17.7 Å². The summed E-state index contributed by atoms with van der Waals surface area (Å²) in [6.45, 7) is 0. The number of carbonyl (C=O) groups is 1. The van der Waals surface area contributed by atoms with Gasteiger partial charge in [-0.15, -0.1) is 0 Å². The maximum atomic E-state index is 12.2. The third kappa shape index (κ3) is 2.31. The topological polar surface area (TPSA) is 46.5 Å². The van der Waals surface area contributed by atoms with E-state index in [1.165, 1.54) is 19.2 Å². The van der Waals surface area contributed by atoms with Crippen molar-refractivity contribution in [1.29, 1.82) is 0 Å². The van der Waals surface area contributed by atoms with Crippen LogP contribution in [0.15, 0.2) is 42.5 Å². The zero-order valence-electron chi connectivity index (χ0n) is 9.68. The van der Waals surface area contributed by atoms with E-state index in [1.54, 1.807) is 24.3 Å². The van der Waals surface area contributed by atoms with Crippen molar-refractivity contribution in [2.75, 3.05) is 7.11 Å². The summed E-state index contributed by atoms with van der Waals surface area (Å²) in [5.74, 6) is -0.0958. The van der Waals surface area contributed by atoms with Gasteiger partial charge in [-0.05, 0) is 6.07 Å². The summed E-state index contributed by atoms with van der Waals surface area (Å²) in [5, 5.41) is 10.1. The average Bonchev–Trinajstić information content (AvgIpc) is 2.41. The number of phenols is 1. The van der Waals surface area contributed by atoms with E-state index >= 15 is 0 Å². The molecule has 0 heterocycles. The van der Waals surface area contributed by atoms with Crippen molar-refractivity contribution >= 4 is 17.4 Å². The molecule has 2 aromatic rings. The molecule has 0 saturated carbocycles. The monoisotopic (exact) mass is 262 g/mol. The van der Waals surface area contributed by atoms with Crippen LogP contribution in [0, 0.1) is 0 Å². The van der Waals surface area contributed by atoms with Gasteiger partial charge in [-0.3, -0.25) is 4.79 Å². The molecule has 0 spiro atoms. The predicted octanol–water partition coefficient (Wildman–Crippen LogP) is 3.29. The first-order valence-corrected chi connectivity index (χ1v) is 5.67. The Kier molecular flexibility index (Phi) is 3.53. The molecule has 92 valence electrons. The second-order valence-electron chi connectivity index (χ2n) is 3.70. The lowest BCUT2D eigenvalue weighted by Crippen LogP contribution is -2.02. The molecule has 0 saturated heterocycles. The minimum atomic E-state index is -0.280. The van der Waals surface area contributed by atoms with Crippen molar-refractivity contribution in [2.24, 2.45) is 0 Å². The second kappa shape index (κ2) is 5.10. The number of ether oxygens (including phenoxy) is 1. The van der Waals surface area contributed by atoms with E-state index in [1.807, 2.05) is 6.07 Å². The summed E-state index contributed by atoms with van der Waals surface area (Å²) in [5.41, 5.74) is 0.654. The van der Waals surface area contributed by atoms with Crippen LogP contribution in [0.2, 0.25) is 5.02 Å². The molecule has 0 bridgehead atoms. The van der Waals surface area contributed by atoms with E-state index < -0.39 is 0 Å². The molecule has 0 aliphatic heterocycles. The van der Waals surface area contributed by atoms with E-state index in [-0.39, 0.29) is 22.1 Å². The van der Waals surface area contributed by atoms with Crippen molar-refractivity contribution in [3.05, 3.63) is 58.6 Å². The maximum absolute atomic E-state index is 12.2. The smallest absolute Gasteiger partial charge is 0.196 e. The molecule has 4 heteroatoms. The maximum Gasteiger partial charge on any atom is 0.196 e. The standard InChI is InChI=1S/C14H11ClO3/c1-18-13-8-12(16)10(7-11(13)15)14(17)9-5-3-2-4-6-9/h2-8,16H,1H3. The van der Waals surface area contributed by atoms with E-state index in [9.17, 15) is 9.90 Å². The molecular weight excluding hydrogens is 252 g/mol. The number of halogens is 1. The molecule has 0 fully saturated rings. The third-order valence-corrected chi connectivity index (χ3v) is 2.85. The minimum absolute atomic E-state index is 0.148. The fraction of sp³-hybridized carbons (Fsp3) is 0.0714. The van der Waals surface area contributed by atoms with Crippen molar-refractivity contribution in [3.8, 4) is 11.5 Å². The number of ketones is 1. The van der Waals surface area contributed by atoms with E-state index in [2.05, 4.69) is 0 Å².